The van der Waals surface area contributed by atoms with E-state index < -0.39 is 16.5 Å². The Labute approximate surface area is 301 Å². The summed E-state index contributed by atoms with van der Waals surface area (Å²) in [5, 5.41) is 6.95. The van der Waals surface area contributed by atoms with Crippen LogP contribution in [0.1, 0.15) is 44.5 Å². The quantitative estimate of drug-likeness (QED) is 0.180. The molecule has 1 atom stereocenters. The summed E-state index contributed by atoms with van der Waals surface area (Å²) in [5.41, 5.74) is 15.7. The third-order valence-electron chi connectivity index (χ3n) is 9.50. The molecule has 8 rings (SSSR count). The van der Waals surface area contributed by atoms with Crippen molar-refractivity contribution in [1.82, 2.24) is 0 Å². The lowest BCUT2D eigenvalue weighted by Crippen LogP contribution is -2.19. The largest absolute Gasteiger partial charge is 0.453 e. The molecule has 6 aromatic carbocycles. The minimum Gasteiger partial charge on any atom is -0.448 e. The minimum absolute atomic E-state index is 0.719. The summed E-state index contributed by atoms with van der Waals surface area (Å²) in [4.78, 5) is 0. The van der Waals surface area contributed by atoms with Gasteiger partial charge in [-0.1, -0.05) is 60.7 Å². The molecule has 1 unspecified atom stereocenters. The smallest absolute Gasteiger partial charge is 0.448 e. The Morgan fingerprint density at radius 3 is 1.53 bits per heavy atom. The van der Waals surface area contributed by atoms with Crippen LogP contribution in [0.15, 0.2) is 105 Å². The lowest BCUT2D eigenvalue weighted by Gasteiger charge is -2.30. The van der Waals surface area contributed by atoms with E-state index in [1.165, 1.54) is 22.3 Å². The fourth-order valence-electron chi connectivity index (χ4n) is 7.41. The van der Waals surface area contributed by atoms with E-state index >= 15 is 0 Å². The molecule has 1 aromatic heterocycles. The summed E-state index contributed by atoms with van der Waals surface area (Å²) in [6.07, 6.45) is 0. The molecule has 0 bridgehead atoms. The van der Waals surface area contributed by atoms with Crippen LogP contribution in [0.4, 0.5) is 5.69 Å². The molecule has 0 fully saturated rings. The van der Waals surface area contributed by atoms with E-state index in [2.05, 4.69) is 158 Å². The van der Waals surface area contributed by atoms with Gasteiger partial charge in [0.15, 0.2) is 0 Å². The van der Waals surface area contributed by atoms with Crippen LogP contribution >= 0.6 is 16.5 Å². The molecular weight excluding hydrogens is 668 g/mol. The second kappa shape index (κ2) is 13.0. The SMILES string of the molecule is Cc1cc(C)c(OP2Nc3ccccc3-c3ccccc32)c(-c2cc(C)cc(C)c2Op2oc3c(C)cc(C)cc3c3cc(C)cc(C)c3o2)c1. The van der Waals surface area contributed by atoms with E-state index in [-0.39, 0.29) is 0 Å². The molecule has 0 aliphatic carbocycles. The lowest BCUT2D eigenvalue weighted by molar-refractivity contribution is 0.495. The highest BCUT2D eigenvalue weighted by atomic mass is 31.2. The van der Waals surface area contributed by atoms with Gasteiger partial charge in [0, 0.05) is 38.5 Å². The van der Waals surface area contributed by atoms with Crippen molar-refractivity contribution in [3.63, 3.8) is 0 Å². The van der Waals surface area contributed by atoms with E-state index in [0.717, 1.165) is 88.9 Å². The summed E-state index contributed by atoms with van der Waals surface area (Å²) in [6, 6.07) is 34.4. The predicted octanol–water partition coefficient (Wildman–Crippen LogP) is 13.4. The van der Waals surface area contributed by atoms with Crippen LogP contribution in [-0.4, -0.2) is 0 Å². The molecule has 1 aliphatic heterocycles. The first-order valence-corrected chi connectivity index (χ1v) is 19.6. The second-order valence-corrected chi connectivity index (χ2v) is 16.4. The van der Waals surface area contributed by atoms with Gasteiger partial charge in [0.1, 0.15) is 22.7 Å². The fourth-order valence-corrected chi connectivity index (χ4v) is 10.4. The average Bonchev–Trinajstić information content (AvgIpc) is 3.24. The molecule has 1 aliphatic rings. The molecule has 0 saturated heterocycles. The van der Waals surface area contributed by atoms with E-state index in [4.69, 9.17) is 17.4 Å². The molecule has 0 amide bonds. The summed E-state index contributed by atoms with van der Waals surface area (Å²) < 4.78 is 27.6. The third-order valence-corrected chi connectivity index (χ3v) is 12.1. The van der Waals surface area contributed by atoms with Gasteiger partial charge in [0.2, 0.25) is 8.30 Å². The molecule has 7 heteroatoms. The van der Waals surface area contributed by atoms with Crippen LogP contribution in [0.2, 0.25) is 0 Å². The summed E-state index contributed by atoms with van der Waals surface area (Å²) in [5.74, 6) is 1.54. The first-order valence-electron chi connectivity index (χ1n) is 17.3. The maximum absolute atomic E-state index is 7.14. The summed E-state index contributed by atoms with van der Waals surface area (Å²) >= 11 is 0. The topological polar surface area (TPSA) is 56.8 Å². The fraction of sp³-hybridized carbons (Fsp3) is 0.182. The number of aryl methyl sites for hydroxylation is 8. The monoisotopic (exact) mass is 709 g/mol. The van der Waals surface area contributed by atoms with Crippen LogP contribution in [0, 0.1) is 55.4 Å². The summed E-state index contributed by atoms with van der Waals surface area (Å²) in [7, 11) is -3.12. The third kappa shape index (κ3) is 6.09. The highest BCUT2D eigenvalue weighted by molar-refractivity contribution is 7.63. The average molecular weight is 710 g/mol. The number of nitrogens with one attached hydrogen (secondary N) is 1. The normalized spacial score (nSPS) is 13.5. The number of benzene rings is 6. The number of hydrogen-bond donors (Lipinski definition) is 1. The van der Waals surface area contributed by atoms with Crippen molar-refractivity contribution in [1.29, 1.82) is 0 Å². The van der Waals surface area contributed by atoms with Crippen LogP contribution in [0.5, 0.6) is 11.5 Å². The van der Waals surface area contributed by atoms with Crippen molar-refractivity contribution in [2.24, 2.45) is 0 Å². The number of fused-ring (bicyclic) bond motifs is 6. The highest BCUT2D eigenvalue weighted by Gasteiger charge is 2.29. The molecule has 2 heterocycles. The van der Waals surface area contributed by atoms with Crippen molar-refractivity contribution in [2.75, 3.05) is 5.09 Å². The molecule has 1 N–H and O–H groups in total. The Morgan fingerprint density at radius 1 is 0.471 bits per heavy atom. The van der Waals surface area contributed by atoms with E-state index in [1.807, 2.05) is 0 Å². The Balaban J connectivity index is 1.30. The Morgan fingerprint density at radius 2 is 0.941 bits per heavy atom. The molecule has 0 spiro atoms. The first-order chi connectivity index (χ1) is 24.5. The van der Waals surface area contributed by atoms with Gasteiger partial charge in [-0.15, -0.1) is 0 Å². The number of para-hydroxylation sites is 1. The number of anilines is 1. The Kier molecular flexibility index (Phi) is 8.45. The molecule has 0 saturated carbocycles. The minimum atomic E-state index is -1.89. The van der Waals surface area contributed by atoms with Crippen LogP contribution in [0.25, 0.3) is 44.2 Å². The van der Waals surface area contributed by atoms with Crippen molar-refractivity contribution >= 4 is 49.5 Å². The number of rotatable bonds is 5. The molecule has 0 radical (unpaired) electrons. The van der Waals surface area contributed by atoms with Crippen molar-refractivity contribution < 1.29 is 17.4 Å². The number of hydrogen-bond acceptors (Lipinski definition) is 5. The zero-order chi connectivity index (χ0) is 35.6. The second-order valence-electron chi connectivity index (χ2n) is 13.9. The molecule has 256 valence electrons. The molecule has 5 nitrogen and oxygen atoms in total. The zero-order valence-corrected chi connectivity index (χ0v) is 32.1. The van der Waals surface area contributed by atoms with Gasteiger partial charge in [-0.25, -0.2) is 0 Å². The van der Waals surface area contributed by atoms with Crippen molar-refractivity contribution in [2.45, 2.75) is 55.4 Å². The van der Waals surface area contributed by atoms with Crippen LogP contribution in [-0.2, 0) is 0 Å². The summed E-state index contributed by atoms with van der Waals surface area (Å²) in [6.45, 7) is 16.9. The van der Waals surface area contributed by atoms with Gasteiger partial charge in [-0.2, -0.15) is 0 Å². The van der Waals surface area contributed by atoms with E-state index in [9.17, 15) is 0 Å². The zero-order valence-electron chi connectivity index (χ0n) is 30.3. The van der Waals surface area contributed by atoms with Crippen molar-refractivity contribution in [3.8, 4) is 33.8 Å². The first kappa shape index (κ1) is 33.2. The van der Waals surface area contributed by atoms with Gasteiger partial charge in [-0.05, 0) is 142 Å². The molecular formula is C44H41NO4P2. The van der Waals surface area contributed by atoms with Crippen molar-refractivity contribution in [3.05, 3.63) is 142 Å². The lowest BCUT2D eigenvalue weighted by atomic mass is 9.95. The van der Waals surface area contributed by atoms with Crippen LogP contribution in [0.3, 0.4) is 0 Å². The van der Waals surface area contributed by atoms with Gasteiger partial charge >= 0.3 is 8.24 Å². The Bertz CT molecular complexity index is 2500. The predicted molar refractivity (Wildman–Crippen MR) is 215 cm³/mol. The molecule has 51 heavy (non-hydrogen) atoms. The van der Waals surface area contributed by atoms with Gasteiger partial charge in [0.25, 0.3) is 0 Å². The van der Waals surface area contributed by atoms with E-state index in [1.54, 1.807) is 0 Å². The maximum Gasteiger partial charge on any atom is 0.453 e. The standard InChI is InChI=1S/C44H41NO4P2/c1-25-17-29(5)41(46-50-40-16-12-10-14-34(40)33-13-9-11-15-39(33)45-50)35(21-25)36-22-26(2)18-30(6)42(36)47-51-48-43-31(7)19-27(3)23-37(43)38-24-28(4)20-32(8)44(38)49-51/h9-24,45H,1-8H3. The van der Waals surface area contributed by atoms with Crippen LogP contribution < -0.4 is 19.4 Å². The molecule has 7 aromatic rings. The van der Waals surface area contributed by atoms with E-state index in [0.29, 0.717) is 0 Å². The van der Waals surface area contributed by atoms with Gasteiger partial charge in [0.05, 0.1) is 0 Å². The highest BCUT2D eigenvalue weighted by Crippen LogP contribution is 2.52. The van der Waals surface area contributed by atoms with Gasteiger partial charge < -0.3 is 22.5 Å². The maximum atomic E-state index is 7.14. The van der Waals surface area contributed by atoms with Gasteiger partial charge in [-0.3, -0.25) is 0 Å². The Hall–Kier alpha value is -4.95.